The van der Waals surface area contributed by atoms with Crippen molar-refractivity contribution < 1.29 is 14.9 Å². The number of aromatic nitrogens is 4. The summed E-state index contributed by atoms with van der Waals surface area (Å²) in [5.41, 5.74) is 2.25. The number of aliphatic hydroxyl groups is 1. The molecule has 0 aliphatic rings. The number of fused-ring (bicyclic) bond motifs is 1. The lowest BCUT2D eigenvalue weighted by Gasteiger charge is -2.20. The van der Waals surface area contributed by atoms with Gasteiger partial charge < -0.3 is 24.9 Å². The summed E-state index contributed by atoms with van der Waals surface area (Å²) in [5.74, 6) is 1.04. The van der Waals surface area contributed by atoms with Crippen LogP contribution in [-0.2, 0) is 0 Å². The number of H-pyrrole nitrogens is 2. The van der Waals surface area contributed by atoms with Crippen LogP contribution in [0.4, 0.5) is 0 Å². The monoisotopic (exact) mass is 534 g/mol. The van der Waals surface area contributed by atoms with E-state index in [4.69, 9.17) is 9.84 Å². The first-order chi connectivity index (χ1) is 14.9. The number of benzene rings is 2. The molecular weight excluding hydrogens is 511 g/mol. The fourth-order valence-corrected chi connectivity index (χ4v) is 4.15. The Balaban J connectivity index is 1.75. The summed E-state index contributed by atoms with van der Waals surface area (Å²) in [5, 5.41) is 19.9. The van der Waals surface area contributed by atoms with Gasteiger partial charge in [0.05, 0.1) is 17.6 Å². The molecule has 0 aliphatic carbocycles. The zero-order chi connectivity index (χ0) is 22.1. The molecule has 0 spiro atoms. The summed E-state index contributed by atoms with van der Waals surface area (Å²) in [6.45, 7) is 4.08. The standard InChI is InChI=1S/C22H23IN4O4/c1-12(2)19(20-24-16-8-5-14(23)11-17(16)25-20)27-21(29)18(26-22(27)30)13-3-6-15(7-4-13)31-10-9-28/h3-8,11-12,19,28-29H,9-10H2,1-2H3,(H,24,25)(H,26,30)/t19-/m1/s1. The van der Waals surface area contributed by atoms with E-state index in [0.29, 0.717) is 22.8 Å². The Hall–Kier alpha value is -2.79. The van der Waals surface area contributed by atoms with E-state index in [1.165, 1.54) is 4.57 Å². The van der Waals surface area contributed by atoms with Gasteiger partial charge in [-0.3, -0.25) is 4.57 Å². The minimum atomic E-state index is -0.477. The number of nitrogens with one attached hydrogen (secondary N) is 2. The molecule has 4 rings (SSSR count). The summed E-state index contributed by atoms with van der Waals surface area (Å²) in [6, 6.07) is 12.4. The molecule has 0 fully saturated rings. The molecule has 0 saturated heterocycles. The third-order valence-corrected chi connectivity index (χ3v) is 5.73. The molecule has 4 N–H and O–H groups in total. The van der Waals surface area contributed by atoms with Crippen molar-refractivity contribution in [3.05, 3.63) is 62.3 Å². The lowest BCUT2D eigenvalue weighted by molar-refractivity contribution is 0.201. The van der Waals surface area contributed by atoms with Gasteiger partial charge in [-0.15, -0.1) is 0 Å². The minimum Gasteiger partial charge on any atom is -0.493 e. The number of hydrogen-bond donors (Lipinski definition) is 4. The predicted octanol–water partition coefficient (Wildman–Crippen LogP) is 3.65. The van der Waals surface area contributed by atoms with Gasteiger partial charge in [-0.2, -0.15) is 0 Å². The van der Waals surface area contributed by atoms with Crippen LogP contribution in [0.5, 0.6) is 11.6 Å². The van der Waals surface area contributed by atoms with Crippen molar-refractivity contribution in [2.75, 3.05) is 13.2 Å². The fourth-order valence-electron chi connectivity index (χ4n) is 3.66. The van der Waals surface area contributed by atoms with Gasteiger partial charge in [0.2, 0.25) is 5.88 Å². The van der Waals surface area contributed by atoms with Gasteiger partial charge in [-0.25, -0.2) is 9.78 Å². The molecule has 0 bridgehead atoms. The lowest BCUT2D eigenvalue weighted by Crippen LogP contribution is -2.27. The molecule has 2 aromatic heterocycles. The summed E-state index contributed by atoms with van der Waals surface area (Å²) in [7, 11) is 0. The maximum absolute atomic E-state index is 12.9. The molecule has 162 valence electrons. The number of rotatable bonds is 7. The quantitative estimate of drug-likeness (QED) is 0.270. The highest BCUT2D eigenvalue weighted by atomic mass is 127. The molecule has 0 aliphatic heterocycles. The first-order valence-corrected chi connectivity index (χ1v) is 11.0. The second-order valence-corrected chi connectivity index (χ2v) is 8.81. The van der Waals surface area contributed by atoms with Gasteiger partial charge in [0.25, 0.3) is 0 Å². The number of ether oxygens (including phenoxy) is 1. The molecule has 8 nitrogen and oxygen atoms in total. The van der Waals surface area contributed by atoms with Crippen molar-refractivity contribution >= 4 is 33.6 Å². The number of hydrogen-bond acceptors (Lipinski definition) is 5. The van der Waals surface area contributed by atoms with Crippen LogP contribution in [-0.4, -0.2) is 42.9 Å². The average Bonchev–Trinajstić information content (AvgIpc) is 3.28. The van der Waals surface area contributed by atoms with Crippen LogP contribution in [0.3, 0.4) is 0 Å². The van der Waals surface area contributed by atoms with Crippen molar-refractivity contribution in [2.45, 2.75) is 19.9 Å². The normalized spacial score (nSPS) is 12.5. The molecule has 2 aromatic carbocycles. The largest absolute Gasteiger partial charge is 0.493 e. The van der Waals surface area contributed by atoms with E-state index in [-0.39, 0.29) is 25.0 Å². The Morgan fingerprint density at radius 3 is 2.58 bits per heavy atom. The number of aliphatic hydroxyl groups excluding tert-OH is 1. The maximum Gasteiger partial charge on any atom is 0.329 e. The number of halogens is 1. The predicted molar refractivity (Wildman–Crippen MR) is 127 cm³/mol. The highest BCUT2D eigenvalue weighted by Crippen LogP contribution is 2.34. The molecule has 1 atom stereocenters. The zero-order valence-corrected chi connectivity index (χ0v) is 19.3. The number of aromatic hydroxyl groups is 1. The van der Waals surface area contributed by atoms with Crippen LogP contribution in [0.1, 0.15) is 25.7 Å². The third-order valence-electron chi connectivity index (χ3n) is 5.06. The molecule has 0 saturated carbocycles. The van der Waals surface area contributed by atoms with Crippen molar-refractivity contribution in [3.63, 3.8) is 0 Å². The third kappa shape index (κ3) is 4.19. The van der Waals surface area contributed by atoms with Gasteiger partial charge in [-0.1, -0.05) is 13.8 Å². The fraction of sp³-hybridized carbons (Fsp3) is 0.273. The van der Waals surface area contributed by atoms with E-state index in [1.807, 2.05) is 32.0 Å². The van der Waals surface area contributed by atoms with E-state index >= 15 is 0 Å². The van der Waals surface area contributed by atoms with Crippen molar-refractivity contribution in [1.82, 2.24) is 19.5 Å². The van der Waals surface area contributed by atoms with E-state index in [1.54, 1.807) is 24.3 Å². The second-order valence-electron chi connectivity index (χ2n) is 7.57. The van der Waals surface area contributed by atoms with E-state index < -0.39 is 11.7 Å². The highest BCUT2D eigenvalue weighted by molar-refractivity contribution is 14.1. The molecule has 31 heavy (non-hydrogen) atoms. The van der Waals surface area contributed by atoms with Crippen LogP contribution in [0.2, 0.25) is 0 Å². The summed E-state index contributed by atoms with van der Waals surface area (Å²) < 4.78 is 7.79. The Bertz CT molecular complexity index is 1260. The number of aromatic amines is 2. The van der Waals surface area contributed by atoms with E-state index in [9.17, 15) is 9.90 Å². The lowest BCUT2D eigenvalue weighted by atomic mass is 10.0. The zero-order valence-electron chi connectivity index (χ0n) is 17.1. The van der Waals surface area contributed by atoms with Gasteiger partial charge in [0, 0.05) is 9.13 Å². The van der Waals surface area contributed by atoms with Crippen molar-refractivity contribution in [3.8, 4) is 22.9 Å². The van der Waals surface area contributed by atoms with E-state index in [0.717, 1.165) is 14.6 Å². The Morgan fingerprint density at radius 2 is 1.90 bits per heavy atom. The van der Waals surface area contributed by atoms with Gasteiger partial charge in [0.1, 0.15) is 29.9 Å². The van der Waals surface area contributed by atoms with Crippen LogP contribution >= 0.6 is 22.6 Å². The molecule has 0 amide bonds. The topological polar surface area (TPSA) is 116 Å². The molecule has 0 unspecified atom stereocenters. The minimum absolute atomic E-state index is 0.0128. The first-order valence-electron chi connectivity index (χ1n) is 9.91. The van der Waals surface area contributed by atoms with Gasteiger partial charge in [-0.05, 0) is 71.0 Å². The Morgan fingerprint density at radius 1 is 1.16 bits per heavy atom. The second kappa shape index (κ2) is 8.75. The van der Waals surface area contributed by atoms with Crippen molar-refractivity contribution in [2.24, 2.45) is 5.92 Å². The molecular formula is C22H23IN4O4. The molecule has 9 heteroatoms. The van der Waals surface area contributed by atoms with Crippen LogP contribution in [0, 0.1) is 9.49 Å². The molecule has 4 aromatic rings. The molecule has 2 heterocycles. The molecule has 0 radical (unpaired) electrons. The van der Waals surface area contributed by atoms with Gasteiger partial charge >= 0.3 is 5.69 Å². The summed E-state index contributed by atoms with van der Waals surface area (Å²) in [4.78, 5) is 23.6. The summed E-state index contributed by atoms with van der Waals surface area (Å²) in [6.07, 6.45) is 0. The number of nitrogens with zero attached hydrogens (tertiary/aromatic N) is 2. The highest BCUT2D eigenvalue weighted by Gasteiger charge is 2.28. The smallest absolute Gasteiger partial charge is 0.329 e. The summed E-state index contributed by atoms with van der Waals surface area (Å²) >= 11 is 2.24. The Labute approximate surface area is 192 Å². The SMILES string of the molecule is CC(C)[C@H](c1nc2ccc(I)cc2[nH]1)n1c(O)c(-c2ccc(OCCO)cc2)[nH]c1=O. The van der Waals surface area contributed by atoms with Gasteiger partial charge in [0.15, 0.2) is 0 Å². The van der Waals surface area contributed by atoms with Crippen molar-refractivity contribution in [1.29, 1.82) is 0 Å². The van der Waals surface area contributed by atoms with Crippen LogP contribution < -0.4 is 10.4 Å². The Kier molecular flexibility index (Phi) is 6.05. The van der Waals surface area contributed by atoms with Crippen LogP contribution in [0.25, 0.3) is 22.3 Å². The first kappa shape index (κ1) is 21.4. The van der Waals surface area contributed by atoms with E-state index in [2.05, 4.69) is 37.5 Å². The van der Waals surface area contributed by atoms with Crippen LogP contribution in [0.15, 0.2) is 47.3 Å². The number of imidazole rings is 2. The maximum atomic E-state index is 12.9. The average molecular weight is 534 g/mol.